The van der Waals surface area contributed by atoms with Gasteiger partial charge in [0.05, 0.1) is 4.47 Å². The van der Waals surface area contributed by atoms with Crippen LogP contribution in [0.15, 0.2) is 16.9 Å². The van der Waals surface area contributed by atoms with E-state index in [1.54, 1.807) is 0 Å². The van der Waals surface area contributed by atoms with Crippen molar-refractivity contribution in [3.63, 3.8) is 0 Å². The van der Waals surface area contributed by atoms with Crippen LogP contribution in [0.1, 0.15) is 12.7 Å². The lowest BCUT2D eigenvalue weighted by Gasteiger charge is -2.16. The van der Waals surface area contributed by atoms with Gasteiger partial charge >= 0.3 is 0 Å². The number of nitrogens with zero attached hydrogens (tertiary/aromatic N) is 2. The molecule has 0 aliphatic carbocycles. The summed E-state index contributed by atoms with van der Waals surface area (Å²) in [5.41, 5.74) is -2.19. The summed E-state index contributed by atoms with van der Waals surface area (Å²) < 4.78 is 36.0. The zero-order valence-electron chi connectivity index (χ0n) is 7.81. The highest BCUT2D eigenvalue weighted by molar-refractivity contribution is 9.10. The zero-order valence-corrected chi connectivity index (χ0v) is 10.2. The zero-order chi connectivity index (χ0) is 11.7. The maximum Gasteiger partial charge on any atom is 0.212 e. The number of primary sulfonamides is 1. The van der Waals surface area contributed by atoms with Crippen molar-refractivity contribution in [2.75, 3.05) is 5.75 Å². The first-order chi connectivity index (χ1) is 6.71. The van der Waals surface area contributed by atoms with Crippen LogP contribution in [0, 0.1) is 0 Å². The first-order valence-electron chi connectivity index (χ1n) is 3.88. The molecule has 15 heavy (non-hydrogen) atoms. The summed E-state index contributed by atoms with van der Waals surface area (Å²) >= 11 is 3.08. The van der Waals surface area contributed by atoms with Crippen molar-refractivity contribution in [3.05, 3.63) is 22.7 Å². The number of hydrogen-bond acceptors (Lipinski definition) is 4. The van der Waals surface area contributed by atoms with Crippen LogP contribution in [0.5, 0.6) is 0 Å². The Labute approximate surface area is 95.1 Å². The molecule has 0 saturated heterocycles. The maximum absolute atomic E-state index is 13.9. The van der Waals surface area contributed by atoms with Gasteiger partial charge in [-0.15, -0.1) is 0 Å². The van der Waals surface area contributed by atoms with Crippen LogP contribution in [-0.2, 0) is 15.7 Å². The third-order valence-corrected chi connectivity index (χ3v) is 2.91. The van der Waals surface area contributed by atoms with Gasteiger partial charge in [0.15, 0.2) is 11.5 Å². The molecule has 84 valence electrons. The number of hydrogen-bond donors (Lipinski definition) is 1. The second-order valence-corrected chi connectivity index (χ2v) is 5.76. The highest BCUT2D eigenvalue weighted by Crippen LogP contribution is 2.23. The van der Waals surface area contributed by atoms with Crippen LogP contribution in [0.25, 0.3) is 0 Å². The highest BCUT2D eigenvalue weighted by atomic mass is 79.9. The van der Waals surface area contributed by atoms with Crippen LogP contribution < -0.4 is 5.14 Å². The van der Waals surface area contributed by atoms with E-state index in [1.165, 1.54) is 12.4 Å². The molecule has 1 aromatic heterocycles. The van der Waals surface area contributed by atoms with E-state index in [1.807, 2.05) is 0 Å². The molecule has 0 aliphatic heterocycles. The monoisotopic (exact) mass is 297 g/mol. The first kappa shape index (κ1) is 12.5. The topological polar surface area (TPSA) is 85.9 Å². The van der Waals surface area contributed by atoms with Crippen molar-refractivity contribution in [1.29, 1.82) is 0 Å². The first-order valence-corrected chi connectivity index (χ1v) is 6.39. The standard InChI is InChI=1S/C7H9BrFN3O2S/c1-7(9,4-15(10,13)14)6-11-2-5(8)3-12-6/h2-3H,4H2,1H3,(H2,10,13,14)/t7-/m1/s1. The number of sulfonamides is 1. The third kappa shape index (κ3) is 3.80. The molecule has 0 radical (unpaired) electrons. The molecule has 0 spiro atoms. The number of nitrogens with two attached hydrogens (primary N) is 1. The smallest absolute Gasteiger partial charge is 0.212 e. The Hall–Kier alpha value is -0.600. The fraction of sp³-hybridized carbons (Fsp3) is 0.429. The SMILES string of the molecule is C[C@@](F)(CS(N)(=O)=O)c1ncc(Br)cn1. The Morgan fingerprint density at radius 1 is 1.53 bits per heavy atom. The molecule has 0 saturated carbocycles. The van der Waals surface area contributed by atoms with Crippen LogP contribution >= 0.6 is 15.9 Å². The van der Waals surface area contributed by atoms with Crippen LogP contribution in [0.2, 0.25) is 0 Å². The Morgan fingerprint density at radius 2 is 2.00 bits per heavy atom. The molecular weight excluding hydrogens is 289 g/mol. The Morgan fingerprint density at radius 3 is 2.40 bits per heavy atom. The average Bonchev–Trinajstić information content (AvgIpc) is 2.00. The van der Waals surface area contributed by atoms with Crippen LogP contribution in [0.4, 0.5) is 4.39 Å². The molecule has 0 aromatic carbocycles. The summed E-state index contributed by atoms with van der Waals surface area (Å²) in [6.45, 7) is 1.07. The predicted molar refractivity (Wildman–Crippen MR) is 56.2 cm³/mol. The van der Waals surface area contributed by atoms with Gasteiger partial charge in [-0.05, 0) is 22.9 Å². The second-order valence-electron chi connectivity index (χ2n) is 3.23. The Bertz CT molecular complexity index is 446. The van der Waals surface area contributed by atoms with Gasteiger partial charge in [-0.3, -0.25) is 0 Å². The normalized spacial score (nSPS) is 16.0. The van der Waals surface area contributed by atoms with Crippen molar-refractivity contribution in [2.45, 2.75) is 12.6 Å². The summed E-state index contributed by atoms with van der Waals surface area (Å²) in [4.78, 5) is 7.36. The number of aromatic nitrogens is 2. The van der Waals surface area contributed by atoms with Gasteiger partial charge in [0.1, 0.15) is 5.75 Å². The number of rotatable bonds is 3. The van der Waals surface area contributed by atoms with Gasteiger partial charge in [-0.1, -0.05) is 0 Å². The van der Waals surface area contributed by atoms with E-state index >= 15 is 0 Å². The molecule has 1 heterocycles. The van der Waals surface area contributed by atoms with Crippen molar-refractivity contribution < 1.29 is 12.8 Å². The minimum atomic E-state index is -3.91. The average molecular weight is 298 g/mol. The minimum Gasteiger partial charge on any atom is -0.237 e. The number of halogens is 2. The molecule has 0 amide bonds. The molecule has 0 aliphatic rings. The molecule has 0 bridgehead atoms. The van der Waals surface area contributed by atoms with E-state index in [0.717, 1.165) is 6.92 Å². The summed E-state index contributed by atoms with van der Waals surface area (Å²) in [6, 6.07) is 0. The fourth-order valence-corrected chi connectivity index (χ4v) is 2.11. The van der Waals surface area contributed by atoms with Crippen molar-refractivity contribution in [1.82, 2.24) is 9.97 Å². The van der Waals surface area contributed by atoms with E-state index in [9.17, 15) is 12.8 Å². The highest BCUT2D eigenvalue weighted by Gasteiger charge is 2.33. The van der Waals surface area contributed by atoms with Gasteiger partial charge in [0.25, 0.3) is 0 Å². The van der Waals surface area contributed by atoms with E-state index < -0.39 is 21.4 Å². The van der Waals surface area contributed by atoms with E-state index in [4.69, 9.17) is 5.14 Å². The summed E-state index contributed by atoms with van der Waals surface area (Å²) in [7, 11) is -3.91. The van der Waals surface area contributed by atoms with E-state index in [0.29, 0.717) is 4.47 Å². The Balaban J connectivity index is 3.00. The molecular formula is C7H9BrFN3O2S. The minimum absolute atomic E-state index is 0.209. The lowest BCUT2D eigenvalue weighted by molar-refractivity contribution is 0.209. The molecule has 0 fully saturated rings. The molecule has 1 rings (SSSR count). The lowest BCUT2D eigenvalue weighted by atomic mass is 10.1. The molecule has 8 heteroatoms. The molecule has 5 nitrogen and oxygen atoms in total. The van der Waals surface area contributed by atoms with Gasteiger partial charge in [-0.25, -0.2) is 27.9 Å². The fourth-order valence-electron chi connectivity index (χ4n) is 1.02. The summed E-state index contributed by atoms with van der Waals surface area (Å²) in [5, 5.41) is 4.76. The van der Waals surface area contributed by atoms with Crippen molar-refractivity contribution in [2.24, 2.45) is 5.14 Å². The quantitative estimate of drug-likeness (QED) is 0.890. The molecule has 2 N–H and O–H groups in total. The van der Waals surface area contributed by atoms with E-state index in [2.05, 4.69) is 25.9 Å². The molecule has 0 unspecified atom stereocenters. The predicted octanol–water partition coefficient (Wildman–Crippen LogP) is 0.712. The van der Waals surface area contributed by atoms with Gasteiger partial charge in [0, 0.05) is 12.4 Å². The molecule has 1 aromatic rings. The lowest BCUT2D eigenvalue weighted by Crippen LogP contribution is -2.32. The van der Waals surface area contributed by atoms with Crippen molar-refractivity contribution >= 4 is 26.0 Å². The number of alkyl halides is 1. The maximum atomic E-state index is 13.9. The van der Waals surface area contributed by atoms with Gasteiger partial charge in [0.2, 0.25) is 10.0 Å². The largest absolute Gasteiger partial charge is 0.237 e. The van der Waals surface area contributed by atoms with Gasteiger partial charge in [-0.2, -0.15) is 0 Å². The van der Waals surface area contributed by atoms with E-state index in [-0.39, 0.29) is 5.82 Å². The third-order valence-electron chi connectivity index (χ3n) is 1.56. The summed E-state index contributed by atoms with van der Waals surface area (Å²) in [6.07, 6.45) is 2.67. The Kier molecular flexibility index (Phi) is 3.41. The summed E-state index contributed by atoms with van der Waals surface area (Å²) in [5.74, 6) is -1.05. The van der Waals surface area contributed by atoms with Crippen LogP contribution in [0.3, 0.4) is 0 Å². The van der Waals surface area contributed by atoms with Gasteiger partial charge < -0.3 is 0 Å². The molecule has 1 atom stereocenters. The van der Waals surface area contributed by atoms with Crippen LogP contribution in [-0.4, -0.2) is 24.1 Å². The second kappa shape index (κ2) is 4.11. The van der Waals surface area contributed by atoms with Crippen molar-refractivity contribution in [3.8, 4) is 0 Å².